The van der Waals surface area contributed by atoms with Gasteiger partial charge in [0.05, 0.1) is 12.4 Å². The molecule has 0 aromatic rings. The Morgan fingerprint density at radius 1 is 1.57 bits per heavy atom. The Hall–Kier alpha value is -0.660. The van der Waals surface area contributed by atoms with Crippen LogP contribution in [0.25, 0.3) is 0 Å². The monoisotopic (exact) mass is 225 g/mol. The van der Waals surface area contributed by atoms with Gasteiger partial charge in [-0.15, -0.1) is 0 Å². The summed E-state index contributed by atoms with van der Waals surface area (Å²) in [7, 11) is -3.55. The first-order chi connectivity index (χ1) is 6.39. The van der Waals surface area contributed by atoms with Crippen molar-refractivity contribution in [1.82, 2.24) is 4.72 Å². The molecule has 0 bridgehead atoms. The van der Waals surface area contributed by atoms with E-state index in [1.165, 1.54) is 6.92 Å². The molecule has 0 aromatic carbocycles. The van der Waals surface area contributed by atoms with Gasteiger partial charge in [-0.1, -0.05) is 0 Å². The topological polar surface area (TPSA) is 92.7 Å². The van der Waals surface area contributed by atoms with Gasteiger partial charge in [0.1, 0.15) is 6.04 Å². The van der Waals surface area contributed by atoms with Gasteiger partial charge in [0.2, 0.25) is 10.0 Å². The summed E-state index contributed by atoms with van der Waals surface area (Å²) in [5.74, 6) is -1.43. The largest absolute Gasteiger partial charge is 0.480 e. The predicted molar refractivity (Wildman–Crippen MR) is 50.5 cm³/mol. The average Bonchev–Trinajstić information content (AvgIpc) is 2.03. The first kappa shape index (κ1) is 13.3. The molecule has 0 spiro atoms. The zero-order valence-corrected chi connectivity index (χ0v) is 9.00. The van der Waals surface area contributed by atoms with E-state index < -0.39 is 22.0 Å². The molecular formula is C7H15NO5S. The van der Waals surface area contributed by atoms with Crippen LogP contribution in [0, 0.1) is 0 Å². The van der Waals surface area contributed by atoms with E-state index in [0.717, 1.165) is 0 Å². The average molecular weight is 225 g/mol. The van der Waals surface area contributed by atoms with Crippen LogP contribution in [0.3, 0.4) is 0 Å². The summed E-state index contributed by atoms with van der Waals surface area (Å²) in [6.45, 7) is 3.52. The smallest absolute Gasteiger partial charge is 0.321 e. The fourth-order valence-electron chi connectivity index (χ4n) is 0.692. The lowest BCUT2D eigenvalue weighted by atomic mass is 10.4. The van der Waals surface area contributed by atoms with Gasteiger partial charge in [0.15, 0.2) is 0 Å². The Balaban J connectivity index is 4.01. The number of sulfonamides is 1. The molecule has 7 heteroatoms. The molecule has 0 aliphatic rings. The predicted octanol–water partition coefficient (Wildman–Crippen LogP) is -0.585. The van der Waals surface area contributed by atoms with Crippen molar-refractivity contribution < 1.29 is 23.1 Å². The fraction of sp³-hybridized carbons (Fsp3) is 0.857. The van der Waals surface area contributed by atoms with E-state index in [-0.39, 0.29) is 12.4 Å². The van der Waals surface area contributed by atoms with Crippen LogP contribution < -0.4 is 4.72 Å². The van der Waals surface area contributed by atoms with Crippen LogP contribution in [0.15, 0.2) is 0 Å². The molecule has 6 nitrogen and oxygen atoms in total. The van der Waals surface area contributed by atoms with Crippen LogP contribution in [0.1, 0.15) is 13.8 Å². The molecule has 0 aromatic heterocycles. The van der Waals surface area contributed by atoms with Crippen molar-refractivity contribution in [3.8, 4) is 0 Å². The lowest BCUT2D eigenvalue weighted by Crippen LogP contribution is -2.40. The van der Waals surface area contributed by atoms with E-state index in [9.17, 15) is 13.2 Å². The lowest BCUT2D eigenvalue weighted by Gasteiger charge is -2.09. The zero-order chi connectivity index (χ0) is 11.2. The third-order valence-corrected chi connectivity index (χ3v) is 2.84. The minimum absolute atomic E-state index is 0.0676. The summed E-state index contributed by atoms with van der Waals surface area (Å²) in [6, 6.07) is -1.11. The molecule has 1 atom stereocenters. The van der Waals surface area contributed by atoms with Crippen molar-refractivity contribution in [2.45, 2.75) is 19.9 Å². The van der Waals surface area contributed by atoms with Crippen LogP contribution in [0.2, 0.25) is 0 Å². The quantitative estimate of drug-likeness (QED) is 0.565. The maximum atomic E-state index is 11.2. The summed E-state index contributed by atoms with van der Waals surface area (Å²) < 4.78 is 29.2. The van der Waals surface area contributed by atoms with E-state index in [1.54, 1.807) is 6.92 Å². The summed E-state index contributed by atoms with van der Waals surface area (Å²) in [5.41, 5.74) is 0. The van der Waals surface area contributed by atoms with Crippen molar-refractivity contribution in [3.05, 3.63) is 0 Å². The Kier molecular flexibility index (Phi) is 5.66. The Bertz CT molecular complexity index is 274. The van der Waals surface area contributed by atoms with Crippen LogP contribution in [0.5, 0.6) is 0 Å². The fourth-order valence-corrected chi connectivity index (χ4v) is 1.79. The van der Waals surface area contributed by atoms with Crippen LogP contribution in [-0.2, 0) is 19.6 Å². The SMILES string of the molecule is CCOCCS(=O)(=O)NC(C)C(=O)O. The van der Waals surface area contributed by atoms with Crippen molar-refractivity contribution in [2.24, 2.45) is 0 Å². The summed E-state index contributed by atoms with van der Waals surface area (Å²) in [5, 5.41) is 8.46. The second-order valence-corrected chi connectivity index (χ2v) is 4.57. The Morgan fingerprint density at radius 3 is 2.57 bits per heavy atom. The molecule has 14 heavy (non-hydrogen) atoms. The second-order valence-electron chi connectivity index (χ2n) is 2.69. The summed E-state index contributed by atoms with van der Waals surface area (Å²) in [6.07, 6.45) is 0. The number of ether oxygens (including phenoxy) is 1. The van der Waals surface area contributed by atoms with Gasteiger partial charge in [0, 0.05) is 6.61 Å². The van der Waals surface area contributed by atoms with Crippen LogP contribution in [-0.4, -0.2) is 44.5 Å². The normalized spacial score (nSPS) is 13.9. The first-order valence-corrected chi connectivity index (χ1v) is 5.85. The number of hydrogen-bond acceptors (Lipinski definition) is 4. The standard InChI is InChI=1S/C7H15NO5S/c1-3-13-4-5-14(11,12)8-6(2)7(9)10/h6,8H,3-5H2,1-2H3,(H,9,10). The molecule has 0 saturated heterocycles. The molecule has 0 radical (unpaired) electrons. The first-order valence-electron chi connectivity index (χ1n) is 4.19. The van der Waals surface area contributed by atoms with Crippen molar-refractivity contribution in [1.29, 1.82) is 0 Å². The third kappa shape index (κ3) is 5.90. The van der Waals surface area contributed by atoms with Gasteiger partial charge >= 0.3 is 5.97 Å². The highest BCUT2D eigenvalue weighted by Gasteiger charge is 2.18. The number of hydrogen-bond donors (Lipinski definition) is 2. The molecule has 2 N–H and O–H groups in total. The van der Waals surface area contributed by atoms with Gasteiger partial charge in [-0.2, -0.15) is 0 Å². The molecular weight excluding hydrogens is 210 g/mol. The van der Waals surface area contributed by atoms with Crippen molar-refractivity contribution in [2.75, 3.05) is 19.0 Å². The van der Waals surface area contributed by atoms with E-state index in [2.05, 4.69) is 0 Å². The third-order valence-electron chi connectivity index (χ3n) is 1.43. The van der Waals surface area contributed by atoms with Crippen LogP contribution >= 0.6 is 0 Å². The van der Waals surface area contributed by atoms with E-state index >= 15 is 0 Å². The highest BCUT2D eigenvalue weighted by Crippen LogP contribution is 1.90. The lowest BCUT2D eigenvalue weighted by molar-refractivity contribution is -0.138. The summed E-state index contributed by atoms with van der Waals surface area (Å²) >= 11 is 0. The van der Waals surface area contributed by atoms with E-state index in [0.29, 0.717) is 6.61 Å². The van der Waals surface area contributed by atoms with Gasteiger partial charge in [-0.05, 0) is 13.8 Å². The van der Waals surface area contributed by atoms with Gasteiger partial charge in [-0.3, -0.25) is 4.79 Å². The molecule has 0 heterocycles. The van der Waals surface area contributed by atoms with E-state index in [4.69, 9.17) is 9.84 Å². The minimum atomic E-state index is -3.55. The molecule has 0 rings (SSSR count). The number of aliphatic carboxylic acids is 1. The molecule has 0 aliphatic carbocycles. The number of rotatable bonds is 7. The summed E-state index contributed by atoms with van der Waals surface area (Å²) in [4.78, 5) is 10.3. The number of carboxylic acids is 1. The highest BCUT2D eigenvalue weighted by atomic mass is 32.2. The molecule has 1 unspecified atom stereocenters. The molecule has 0 fully saturated rings. The maximum Gasteiger partial charge on any atom is 0.321 e. The van der Waals surface area contributed by atoms with E-state index in [1.807, 2.05) is 4.72 Å². The molecule has 84 valence electrons. The molecule has 0 saturated carbocycles. The maximum absolute atomic E-state index is 11.2. The van der Waals surface area contributed by atoms with Crippen molar-refractivity contribution in [3.63, 3.8) is 0 Å². The van der Waals surface area contributed by atoms with Crippen molar-refractivity contribution >= 4 is 16.0 Å². The number of carbonyl (C=O) groups is 1. The zero-order valence-electron chi connectivity index (χ0n) is 8.19. The second kappa shape index (κ2) is 5.94. The molecule has 0 amide bonds. The van der Waals surface area contributed by atoms with Gasteiger partial charge in [-0.25, -0.2) is 13.1 Å². The minimum Gasteiger partial charge on any atom is -0.480 e. The Morgan fingerprint density at radius 2 is 2.14 bits per heavy atom. The van der Waals surface area contributed by atoms with Crippen LogP contribution in [0.4, 0.5) is 0 Å². The number of carboxylic acid groups (broad SMARTS) is 1. The Labute approximate surface area is 83.3 Å². The highest BCUT2D eigenvalue weighted by molar-refractivity contribution is 7.89. The van der Waals surface area contributed by atoms with Gasteiger partial charge < -0.3 is 9.84 Å². The van der Waals surface area contributed by atoms with Gasteiger partial charge in [0.25, 0.3) is 0 Å². The number of nitrogens with one attached hydrogen (secondary N) is 1. The molecule has 0 aliphatic heterocycles.